The lowest BCUT2D eigenvalue weighted by Crippen LogP contribution is -2.43. The van der Waals surface area contributed by atoms with E-state index in [2.05, 4.69) is 0 Å². The molecule has 0 unspecified atom stereocenters. The molecule has 1 aliphatic rings. The van der Waals surface area contributed by atoms with Gasteiger partial charge >= 0.3 is 6.09 Å². The molecule has 0 aromatic heterocycles. The summed E-state index contributed by atoms with van der Waals surface area (Å²) in [5, 5.41) is 0. The van der Waals surface area contributed by atoms with Gasteiger partial charge in [-0.2, -0.15) is 0 Å². The molecule has 1 fully saturated rings. The molecule has 6 nitrogen and oxygen atoms in total. The summed E-state index contributed by atoms with van der Waals surface area (Å²) in [5.74, 6) is 0.830. The fourth-order valence-corrected chi connectivity index (χ4v) is 2.67. The van der Waals surface area contributed by atoms with Gasteiger partial charge in [-0.05, 0) is 51.3 Å². The SMILES string of the molecule is COCCOc1ccc(COC2CCN(C(=O)OC(C)(C)C)CC2)cc1. The van der Waals surface area contributed by atoms with Crippen molar-refractivity contribution in [2.45, 2.75) is 51.9 Å². The average Bonchev–Trinajstić information content (AvgIpc) is 2.60. The number of likely N-dealkylation sites (tertiary alicyclic amines) is 1. The van der Waals surface area contributed by atoms with Crippen LogP contribution in [0.15, 0.2) is 24.3 Å². The molecule has 1 aliphatic heterocycles. The fraction of sp³-hybridized carbons (Fsp3) is 0.650. The van der Waals surface area contributed by atoms with Crippen LogP contribution < -0.4 is 4.74 Å². The van der Waals surface area contributed by atoms with Crippen LogP contribution in [0.2, 0.25) is 0 Å². The van der Waals surface area contributed by atoms with Gasteiger partial charge in [0.15, 0.2) is 0 Å². The van der Waals surface area contributed by atoms with E-state index in [9.17, 15) is 4.79 Å². The number of ether oxygens (including phenoxy) is 4. The van der Waals surface area contributed by atoms with Gasteiger partial charge in [0.25, 0.3) is 0 Å². The van der Waals surface area contributed by atoms with Gasteiger partial charge < -0.3 is 23.8 Å². The fourth-order valence-electron chi connectivity index (χ4n) is 2.67. The van der Waals surface area contributed by atoms with Gasteiger partial charge in [-0.15, -0.1) is 0 Å². The average molecular weight is 365 g/mol. The zero-order valence-corrected chi connectivity index (χ0v) is 16.3. The summed E-state index contributed by atoms with van der Waals surface area (Å²) >= 11 is 0. The van der Waals surface area contributed by atoms with E-state index in [1.54, 1.807) is 12.0 Å². The minimum absolute atomic E-state index is 0.173. The summed E-state index contributed by atoms with van der Waals surface area (Å²) < 4.78 is 21.9. The van der Waals surface area contributed by atoms with Gasteiger partial charge in [0.1, 0.15) is 18.0 Å². The molecule has 0 spiro atoms. The second-order valence-corrected chi connectivity index (χ2v) is 7.46. The van der Waals surface area contributed by atoms with E-state index in [0.717, 1.165) is 24.2 Å². The van der Waals surface area contributed by atoms with Crippen molar-refractivity contribution in [1.82, 2.24) is 4.90 Å². The Morgan fingerprint density at radius 2 is 1.77 bits per heavy atom. The molecule has 0 bridgehead atoms. The Labute approximate surface area is 156 Å². The number of nitrogens with zero attached hydrogens (tertiary/aromatic N) is 1. The number of carbonyl (C=O) groups excluding carboxylic acids is 1. The molecule has 1 aromatic rings. The number of hydrogen-bond acceptors (Lipinski definition) is 5. The highest BCUT2D eigenvalue weighted by atomic mass is 16.6. The molecule has 6 heteroatoms. The van der Waals surface area contributed by atoms with Gasteiger partial charge in [-0.3, -0.25) is 0 Å². The number of benzene rings is 1. The third kappa shape index (κ3) is 7.22. The molecule has 1 amide bonds. The van der Waals surface area contributed by atoms with Gasteiger partial charge in [0.05, 0.1) is 19.3 Å². The van der Waals surface area contributed by atoms with Crippen molar-refractivity contribution in [3.8, 4) is 5.75 Å². The van der Waals surface area contributed by atoms with Crippen molar-refractivity contribution in [3.05, 3.63) is 29.8 Å². The number of amides is 1. The lowest BCUT2D eigenvalue weighted by molar-refractivity contribution is -0.0170. The highest BCUT2D eigenvalue weighted by molar-refractivity contribution is 5.68. The van der Waals surface area contributed by atoms with E-state index in [1.165, 1.54) is 0 Å². The van der Waals surface area contributed by atoms with Crippen LogP contribution in [0.4, 0.5) is 4.79 Å². The standard InChI is InChI=1S/C20H31NO5/c1-20(2,3)26-19(22)21-11-9-18(10-12-21)25-15-16-5-7-17(8-6-16)24-14-13-23-4/h5-8,18H,9-15H2,1-4H3. The Balaban J connectivity index is 1.69. The van der Waals surface area contributed by atoms with Gasteiger partial charge in [0, 0.05) is 20.2 Å². The first-order chi connectivity index (χ1) is 12.4. The third-order valence-corrected chi connectivity index (χ3v) is 4.06. The minimum Gasteiger partial charge on any atom is -0.491 e. The zero-order valence-electron chi connectivity index (χ0n) is 16.3. The van der Waals surface area contributed by atoms with Crippen molar-refractivity contribution in [1.29, 1.82) is 0 Å². The molecule has 0 N–H and O–H groups in total. The molecule has 0 aliphatic carbocycles. The Kier molecular flexibility index (Phi) is 7.72. The quantitative estimate of drug-likeness (QED) is 0.691. The number of hydrogen-bond donors (Lipinski definition) is 0. The molecule has 1 saturated heterocycles. The maximum Gasteiger partial charge on any atom is 0.410 e. The van der Waals surface area contributed by atoms with Gasteiger partial charge in [-0.1, -0.05) is 12.1 Å². The largest absolute Gasteiger partial charge is 0.491 e. The van der Waals surface area contributed by atoms with Gasteiger partial charge in [0.2, 0.25) is 0 Å². The first-order valence-electron chi connectivity index (χ1n) is 9.17. The number of rotatable bonds is 7. The van der Waals surface area contributed by atoms with Crippen molar-refractivity contribution in [2.24, 2.45) is 0 Å². The molecule has 1 heterocycles. The molecular weight excluding hydrogens is 334 g/mol. The Morgan fingerprint density at radius 1 is 1.12 bits per heavy atom. The summed E-state index contributed by atoms with van der Waals surface area (Å²) in [4.78, 5) is 13.8. The molecule has 26 heavy (non-hydrogen) atoms. The summed E-state index contributed by atoms with van der Waals surface area (Å²) in [5.41, 5.74) is 0.655. The predicted molar refractivity (Wildman–Crippen MR) is 99.4 cm³/mol. The first kappa shape index (κ1) is 20.5. The van der Waals surface area contributed by atoms with E-state index >= 15 is 0 Å². The van der Waals surface area contributed by atoms with E-state index in [0.29, 0.717) is 32.9 Å². The monoisotopic (exact) mass is 365 g/mol. The van der Waals surface area contributed by atoms with Gasteiger partial charge in [-0.25, -0.2) is 4.79 Å². The van der Waals surface area contributed by atoms with Crippen molar-refractivity contribution < 1.29 is 23.7 Å². The van der Waals surface area contributed by atoms with Crippen LogP contribution in [0.3, 0.4) is 0 Å². The number of piperidine rings is 1. The summed E-state index contributed by atoms with van der Waals surface area (Å²) in [6, 6.07) is 7.91. The van der Waals surface area contributed by atoms with Crippen molar-refractivity contribution in [3.63, 3.8) is 0 Å². The van der Waals surface area contributed by atoms with E-state index in [-0.39, 0.29) is 12.2 Å². The second-order valence-electron chi connectivity index (χ2n) is 7.46. The van der Waals surface area contributed by atoms with E-state index < -0.39 is 5.60 Å². The smallest absolute Gasteiger partial charge is 0.410 e. The number of carbonyl (C=O) groups is 1. The van der Waals surface area contributed by atoms with E-state index in [1.807, 2.05) is 45.0 Å². The molecule has 146 valence electrons. The van der Waals surface area contributed by atoms with Crippen LogP contribution in [-0.2, 0) is 20.8 Å². The minimum atomic E-state index is -0.454. The van der Waals surface area contributed by atoms with Crippen molar-refractivity contribution in [2.75, 3.05) is 33.4 Å². The molecule has 0 saturated carbocycles. The first-order valence-corrected chi connectivity index (χ1v) is 9.17. The highest BCUT2D eigenvalue weighted by Gasteiger charge is 2.27. The molecule has 2 rings (SSSR count). The maximum atomic E-state index is 12.1. The normalized spacial score (nSPS) is 15.8. The van der Waals surface area contributed by atoms with E-state index in [4.69, 9.17) is 18.9 Å². The summed E-state index contributed by atoms with van der Waals surface area (Å²) in [7, 11) is 1.65. The highest BCUT2D eigenvalue weighted by Crippen LogP contribution is 2.19. The van der Waals surface area contributed by atoms with Crippen LogP contribution in [0, 0.1) is 0 Å². The molecular formula is C20H31NO5. The number of methoxy groups -OCH3 is 1. The molecule has 0 radical (unpaired) electrons. The second kappa shape index (κ2) is 9.78. The van der Waals surface area contributed by atoms with Crippen LogP contribution in [0.1, 0.15) is 39.2 Å². The van der Waals surface area contributed by atoms with Crippen LogP contribution in [0.5, 0.6) is 5.75 Å². The van der Waals surface area contributed by atoms with Crippen LogP contribution in [-0.4, -0.2) is 56.1 Å². The Hall–Kier alpha value is -1.79. The zero-order chi connectivity index (χ0) is 19.0. The lowest BCUT2D eigenvalue weighted by Gasteiger charge is -2.33. The Morgan fingerprint density at radius 3 is 2.35 bits per heavy atom. The van der Waals surface area contributed by atoms with Crippen LogP contribution >= 0.6 is 0 Å². The summed E-state index contributed by atoms with van der Waals surface area (Å²) in [6.45, 7) is 8.68. The molecule has 1 aromatic carbocycles. The topological polar surface area (TPSA) is 57.2 Å². The van der Waals surface area contributed by atoms with Crippen molar-refractivity contribution >= 4 is 6.09 Å². The maximum absolute atomic E-state index is 12.1. The molecule has 0 atom stereocenters. The van der Waals surface area contributed by atoms with Crippen LogP contribution in [0.25, 0.3) is 0 Å². The predicted octanol–water partition coefficient (Wildman–Crippen LogP) is 3.63. The lowest BCUT2D eigenvalue weighted by atomic mass is 10.1. The third-order valence-electron chi connectivity index (χ3n) is 4.06. The summed E-state index contributed by atoms with van der Waals surface area (Å²) in [6.07, 6.45) is 1.60. The Bertz CT molecular complexity index is 544.